The number of hydrogen-bond acceptors (Lipinski definition) is 3. The minimum Gasteiger partial charge on any atom is -0.488 e. The van der Waals surface area contributed by atoms with Crippen molar-refractivity contribution in [2.75, 3.05) is 19.8 Å². The van der Waals surface area contributed by atoms with E-state index in [0.29, 0.717) is 5.92 Å². The lowest BCUT2D eigenvalue weighted by Gasteiger charge is -2.14. The normalized spacial score (nSPS) is 27.1. The molecule has 1 aliphatic heterocycles. The summed E-state index contributed by atoms with van der Waals surface area (Å²) in [4.78, 5) is 0. The zero-order chi connectivity index (χ0) is 11.7. The van der Waals surface area contributed by atoms with Crippen molar-refractivity contribution >= 4 is 0 Å². The largest absolute Gasteiger partial charge is 0.488 e. The quantitative estimate of drug-likeness (QED) is 0.866. The molecule has 1 saturated heterocycles. The van der Waals surface area contributed by atoms with Gasteiger partial charge in [0, 0.05) is 6.42 Å². The SMILES string of the molecule is NCC1CCc2cc(OC3CCOC3)ccc21. The lowest BCUT2D eigenvalue weighted by Crippen LogP contribution is -2.15. The van der Waals surface area contributed by atoms with E-state index in [1.54, 1.807) is 0 Å². The van der Waals surface area contributed by atoms with Gasteiger partial charge in [-0.05, 0) is 48.6 Å². The number of aryl methyl sites for hydroxylation is 1. The van der Waals surface area contributed by atoms with Crippen molar-refractivity contribution in [2.45, 2.75) is 31.3 Å². The van der Waals surface area contributed by atoms with Gasteiger partial charge in [0.15, 0.2) is 0 Å². The van der Waals surface area contributed by atoms with Crippen LogP contribution in [-0.4, -0.2) is 25.9 Å². The number of fused-ring (bicyclic) bond motifs is 1. The molecule has 1 fully saturated rings. The Balaban J connectivity index is 1.75. The highest BCUT2D eigenvalue weighted by atomic mass is 16.5. The maximum atomic E-state index is 5.91. The van der Waals surface area contributed by atoms with Crippen LogP contribution in [0.4, 0.5) is 0 Å². The molecule has 2 atom stereocenters. The smallest absolute Gasteiger partial charge is 0.124 e. The summed E-state index contributed by atoms with van der Waals surface area (Å²) >= 11 is 0. The molecular weight excluding hydrogens is 214 g/mol. The third kappa shape index (κ3) is 2.17. The molecule has 1 aliphatic carbocycles. The molecule has 3 rings (SSSR count). The molecule has 2 N–H and O–H groups in total. The highest BCUT2D eigenvalue weighted by Gasteiger charge is 2.22. The number of benzene rings is 1. The molecule has 2 aliphatic rings. The van der Waals surface area contributed by atoms with Crippen LogP contribution in [0.5, 0.6) is 5.75 Å². The van der Waals surface area contributed by atoms with Gasteiger partial charge in [-0.3, -0.25) is 0 Å². The fraction of sp³-hybridized carbons (Fsp3) is 0.571. The van der Waals surface area contributed by atoms with E-state index in [-0.39, 0.29) is 6.10 Å². The molecule has 0 aromatic heterocycles. The molecule has 0 amide bonds. The topological polar surface area (TPSA) is 44.5 Å². The first kappa shape index (κ1) is 11.1. The van der Waals surface area contributed by atoms with Crippen molar-refractivity contribution in [1.29, 1.82) is 0 Å². The van der Waals surface area contributed by atoms with Gasteiger partial charge in [-0.15, -0.1) is 0 Å². The van der Waals surface area contributed by atoms with Crippen LogP contribution in [0.2, 0.25) is 0 Å². The number of rotatable bonds is 3. The number of ether oxygens (including phenoxy) is 2. The van der Waals surface area contributed by atoms with Crippen LogP contribution in [-0.2, 0) is 11.2 Å². The van der Waals surface area contributed by atoms with E-state index in [9.17, 15) is 0 Å². The number of nitrogens with two attached hydrogens (primary N) is 1. The Hall–Kier alpha value is -1.06. The monoisotopic (exact) mass is 233 g/mol. The fourth-order valence-electron chi connectivity index (χ4n) is 2.80. The van der Waals surface area contributed by atoms with Crippen LogP contribution < -0.4 is 10.5 Å². The van der Waals surface area contributed by atoms with Crippen LogP contribution >= 0.6 is 0 Å². The van der Waals surface area contributed by atoms with E-state index < -0.39 is 0 Å². The number of hydrogen-bond donors (Lipinski definition) is 1. The molecule has 3 heteroatoms. The maximum absolute atomic E-state index is 5.91. The molecule has 0 saturated carbocycles. The van der Waals surface area contributed by atoms with Gasteiger partial charge in [-0.1, -0.05) is 6.07 Å². The van der Waals surface area contributed by atoms with E-state index in [2.05, 4.69) is 18.2 Å². The first-order valence-corrected chi connectivity index (χ1v) is 6.44. The Morgan fingerprint density at radius 3 is 3.06 bits per heavy atom. The first-order valence-electron chi connectivity index (χ1n) is 6.44. The molecule has 1 heterocycles. The molecule has 0 bridgehead atoms. The van der Waals surface area contributed by atoms with E-state index in [1.807, 2.05) is 0 Å². The summed E-state index contributed by atoms with van der Waals surface area (Å²) in [5, 5.41) is 0. The third-order valence-electron chi connectivity index (χ3n) is 3.79. The Morgan fingerprint density at radius 1 is 1.35 bits per heavy atom. The second kappa shape index (κ2) is 4.67. The van der Waals surface area contributed by atoms with Gasteiger partial charge in [0.25, 0.3) is 0 Å². The molecule has 17 heavy (non-hydrogen) atoms. The third-order valence-corrected chi connectivity index (χ3v) is 3.79. The average Bonchev–Trinajstić information content (AvgIpc) is 2.97. The Bertz CT molecular complexity index is 399. The van der Waals surface area contributed by atoms with Crippen molar-refractivity contribution in [3.8, 4) is 5.75 Å². The highest BCUT2D eigenvalue weighted by Crippen LogP contribution is 2.34. The van der Waals surface area contributed by atoms with Crippen molar-refractivity contribution in [3.63, 3.8) is 0 Å². The summed E-state index contributed by atoms with van der Waals surface area (Å²) in [7, 11) is 0. The second-order valence-electron chi connectivity index (χ2n) is 4.94. The predicted molar refractivity (Wildman–Crippen MR) is 66.4 cm³/mol. The summed E-state index contributed by atoms with van der Waals surface area (Å²) < 4.78 is 11.2. The predicted octanol–water partition coefficient (Wildman–Crippen LogP) is 1.84. The molecule has 0 radical (unpaired) electrons. The van der Waals surface area contributed by atoms with Crippen LogP contribution in [0.1, 0.15) is 29.9 Å². The van der Waals surface area contributed by atoms with Crippen LogP contribution in [0.3, 0.4) is 0 Å². The van der Waals surface area contributed by atoms with Crippen LogP contribution in [0.25, 0.3) is 0 Å². The van der Waals surface area contributed by atoms with Gasteiger partial charge < -0.3 is 15.2 Å². The summed E-state index contributed by atoms with van der Waals surface area (Å²) in [6.07, 6.45) is 3.56. The molecule has 2 unspecified atom stereocenters. The van der Waals surface area contributed by atoms with E-state index in [0.717, 1.165) is 38.3 Å². The highest BCUT2D eigenvalue weighted by molar-refractivity contribution is 5.41. The molecular formula is C14H19NO2. The minimum absolute atomic E-state index is 0.236. The molecule has 1 aromatic rings. The Morgan fingerprint density at radius 2 is 2.29 bits per heavy atom. The van der Waals surface area contributed by atoms with Gasteiger partial charge in [0.05, 0.1) is 13.2 Å². The molecule has 0 spiro atoms. The fourth-order valence-corrected chi connectivity index (χ4v) is 2.80. The Kier molecular flexibility index (Phi) is 3.04. The summed E-state index contributed by atoms with van der Waals surface area (Å²) in [6, 6.07) is 6.44. The second-order valence-corrected chi connectivity index (χ2v) is 4.94. The first-order chi connectivity index (χ1) is 8.36. The van der Waals surface area contributed by atoms with Gasteiger partial charge in [0.2, 0.25) is 0 Å². The van der Waals surface area contributed by atoms with Crippen molar-refractivity contribution in [3.05, 3.63) is 29.3 Å². The molecule has 92 valence electrons. The lowest BCUT2D eigenvalue weighted by molar-refractivity contribution is 0.141. The zero-order valence-corrected chi connectivity index (χ0v) is 10.0. The van der Waals surface area contributed by atoms with Crippen molar-refractivity contribution < 1.29 is 9.47 Å². The van der Waals surface area contributed by atoms with Crippen molar-refractivity contribution in [1.82, 2.24) is 0 Å². The van der Waals surface area contributed by atoms with Gasteiger partial charge >= 0.3 is 0 Å². The minimum atomic E-state index is 0.236. The lowest BCUT2D eigenvalue weighted by atomic mass is 10.0. The van der Waals surface area contributed by atoms with Crippen molar-refractivity contribution in [2.24, 2.45) is 5.73 Å². The standard InChI is InChI=1S/C14H19NO2/c15-8-11-2-1-10-7-12(3-4-14(10)11)17-13-5-6-16-9-13/h3-4,7,11,13H,1-2,5-6,8-9,15H2. The molecule has 1 aromatic carbocycles. The summed E-state index contributed by atoms with van der Waals surface area (Å²) in [5.74, 6) is 1.53. The zero-order valence-electron chi connectivity index (χ0n) is 10.0. The van der Waals surface area contributed by atoms with Gasteiger partial charge in [-0.25, -0.2) is 0 Å². The molecule has 3 nitrogen and oxygen atoms in total. The summed E-state index contributed by atoms with van der Waals surface area (Å²) in [5.41, 5.74) is 8.60. The maximum Gasteiger partial charge on any atom is 0.124 e. The van der Waals surface area contributed by atoms with E-state index in [4.69, 9.17) is 15.2 Å². The Labute approximate surface area is 102 Å². The van der Waals surface area contributed by atoms with Gasteiger partial charge in [0.1, 0.15) is 11.9 Å². The average molecular weight is 233 g/mol. The summed E-state index contributed by atoms with van der Waals surface area (Å²) in [6.45, 7) is 2.30. The van der Waals surface area contributed by atoms with E-state index >= 15 is 0 Å². The van der Waals surface area contributed by atoms with Crippen LogP contribution in [0, 0.1) is 0 Å². The van der Waals surface area contributed by atoms with Crippen LogP contribution in [0.15, 0.2) is 18.2 Å². The van der Waals surface area contributed by atoms with Gasteiger partial charge in [-0.2, -0.15) is 0 Å². The van der Waals surface area contributed by atoms with E-state index in [1.165, 1.54) is 17.5 Å².